The van der Waals surface area contributed by atoms with Gasteiger partial charge in [-0.1, -0.05) is 18.2 Å². The molecular weight excluding hydrogens is 324 g/mol. The third-order valence-electron chi connectivity index (χ3n) is 4.22. The molecule has 0 saturated carbocycles. The number of hydrogen-bond acceptors (Lipinski definition) is 4. The average Bonchev–Trinajstić information content (AvgIpc) is 2.61. The first-order valence-corrected chi connectivity index (χ1v) is 9.74. The molecule has 0 N–H and O–H groups in total. The number of para-hydroxylation sites is 1. The monoisotopic (exact) mass is 344 g/mol. The summed E-state index contributed by atoms with van der Waals surface area (Å²) in [5.74, 6) is -0.0530. The first kappa shape index (κ1) is 16.5. The largest absolute Gasteiger partial charge is 0.368 e. The van der Waals surface area contributed by atoms with Crippen LogP contribution in [0.1, 0.15) is 10.4 Å². The van der Waals surface area contributed by atoms with E-state index >= 15 is 0 Å². The van der Waals surface area contributed by atoms with Crippen molar-refractivity contribution < 1.29 is 13.2 Å². The predicted molar refractivity (Wildman–Crippen MR) is 94.1 cm³/mol. The van der Waals surface area contributed by atoms with Crippen molar-refractivity contribution in [2.75, 3.05) is 37.3 Å². The lowest BCUT2D eigenvalue weighted by atomic mass is 10.1. The molecule has 1 aliphatic heterocycles. The molecule has 2 aromatic rings. The van der Waals surface area contributed by atoms with E-state index < -0.39 is 9.84 Å². The highest BCUT2D eigenvalue weighted by Gasteiger charge is 2.22. The molecular formula is C18H20N2O3S. The van der Waals surface area contributed by atoms with Gasteiger partial charge in [0.15, 0.2) is 9.84 Å². The number of piperazine rings is 1. The maximum atomic E-state index is 12.6. The van der Waals surface area contributed by atoms with Gasteiger partial charge in [0.2, 0.25) is 0 Å². The van der Waals surface area contributed by atoms with Gasteiger partial charge in [-0.3, -0.25) is 4.79 Å². The molecule has 0 spiro atoms. The highest BCUT2D eigenvalue weighted by Crippen LogP contribution is 2.17. The fourth-order valence-corrected chi connectivity index (χ4v) is 3.46. The van der Waals surface area contributed by atoms with Gasteiger partial charge in [-0.25, -0.2) is 8.42 Å². The van der Waals surface area contributed by atoms with Gasteiger partial charge >= 0.3 is 0 Å². The second kappa shape index (κ2) is 6.65. The zero-order valence-electron chi connectivity index (χ0n) is 13.6. The molecule has 126 valence electrons. The van der Waals surface area contributed by atoms with Gasteiger partial charge in [0.25, 0.3) is 5.91 Å². The third-order valence-corrected chi connectivity index (χ3v) is 5.35. The second-order valence-electron chi connectivity index (χ2n) is 5.91. The Morgan fingerprint density at radius 3 is 2.00 bits per heavy atom. The lowest BCUT2D eigenvalue weighted by molar-refractivity contribution is 0.0746. The molecule has 3 rings (SSSR count). The topological polar surface area (TPSA) is 57.7 Å². The van der Waals surface area contributed by atoms with Crippen LogP contribution in [0.2, 0.25) is 0 Å². The minimum absolute atomic E-state index is 0.0530. The Morgan fingerprint density at radius 1 is 0.875 bits per heavy atom. The number of benzene rings is 2. The first-order chi connectivity index (χ1) is 11.4. The van der Waals surface area contributed by atoms with Crippen LogP contribution in [0.15, 0.2) is 59.5 Å². The van der Waals surface area contributed by atoms with Gasteiger partial charge in [0, 0.05) is 43.7 Å². The summed E-state index contributed by atoms with van der Waals surface area (Å²) in [7, 11) is -3.24. The summed E-state index contributed by atoms with van der Waals surface area (Å²) in [4.78, 5) is 16.9. The minimum Gasteiger partial charge on any atom is -0.368 e. The predicted octanol–water partition coefficient (Wildman–Crippen LogP) is 2.05. The summed E-state index contributed by atoms with van der Waals surface area (Å²) in [6, 6.07) is 16.3. The number of anilines is 1. The molecule has 2 aromatic carbocycles. The highest BCUT2D eigenvalue weighted by molar-refractivity contribution is 7.90. The van der Waals surface area contributed by atoms with Crippen molar-refractivity contribution in [1.82, 2.24) is 4.90 Å². The smallest absolute Gasteiger partial charge is 0.253 e. The van der Waals surface area contributed by atoms with E-state index in [1.165, 1.54) is 17.8 Å². The van der Waals surface area contributed by atoms with Crippen molar-refractivity contribution in [3.63, 3.8) is 0 Å². The average molecular weight is 344 g/mol. The molecule has 1 heterocycles. The van der Waals surface area contributed by atoms with Crippen LogP contribution in [0.4, 0.5) is 5.69 Å². The summed E-state index contributed by atoms with van der Waals surface area (Å²) in [5, 5.41) is 0. The fourth-order valence-electron chi connectivity index (χ4n) is 2.83. The summed E-state index contributed by atoms with van der Waals surface area (Å²) >= 11 is 0. The minimum atomic E-state index is -3.24. The standard InChI is InChI=1S/C18H20N2O3S/c1-24(22,23)17-9-7-15(8-10-17)18(21)20-13-11-19(12-14-20)16-5-3-2-4-6-16/h2-10H,11-14H2,1H3. The van der Waals surface area contributed by atoms with Gasteiger partial charge in [-0.2, -0.15) is 0 Å². The number of amides is 1. The van der Waals surface area contributed by atoms with Crippen molar-refractivity contribution in [2.24, 2.45) is 0 Å². The number of nitrogens with zero attached hydrogens (tertiary/aromatic N) is 2. The van der Waals surface area contributed by atoms with E-state index in [-0.39, 0.29) is 10.8 Å². The van der Waals surface area contributed by atoms with Crippen molar-refractivity contribution in [1.29, 1.82) is 0 Å². The van der Waals surface area contributed by atoms with E-state index in [1.807, 2.05) is 23.1 Å². The summed E-state index contributed by atoms with van der Waals surface area (Å²) in [6.45, 7) is 2.89. The zero-order valence-corrected chi connectivity index (χ0v) is 14.4. The van der Waals surface area contributed by atoms with E-state index in [0.29, 0.717) is 18.7 Å². The maximum absolute atomic E-state index is 12.6. The molecule has 0 aromatic heterocycles. The number of carbonyl (C=O) groups is 1. The van der Waals surface area contributed by atoms with Gasteiger partial charge in [-0.15, -0.1) is 0 Å². The molecule has 0 bridgehead atoms. The van der Waals surface area contributed by atoms with Gasteiger partial charge < -0.3 is 9.80 Å². The van der Waals surface area contributed by atoms with Crippen LogP contribution in [-0.2, 0) is 9.84 Å². The normalized spacial score (nSPS) is 15.4. The molecule has 1 saturated heterocycles. The number of rotatable bonds is 3. The summed E-state index contributed by atoms with van der Waals surface area (Å²) in [5.41, 5.74) is 1.69. The lowest BCUT2D eigenvalue weighted by Gasteiger charge is -2.36. The van der Waals surface area contributed by atoms with E-state index in [0.717, 1.165) is 19.3 Å². The number of sulfone groups is 1. The third kappa shape index (κ3) is 3.59. The Hall–Kier alpha value is -2.34. The number of carbonyl (C=O) groups excluding carboxylic acids is 1. The Labute approximate surface area is 142 Å². The Morgan fingerprint density at radius 2 is 1.46 bits per heavy atom. The van der Waals surface area contributed by atoms with Crippen molar-refractivity contribution in [3.8, 4) is 0 Å². The van der Waals surface area contributed by atoms with Gasteiger partial charge in [-0.05, 0) is 36.4 Å². The molecule has 1 fully saturated rings. The highest BCUT2D eigenvalue weighted by atomic mass is 32.2. The quantitative estimate of drug-likeness (QED) is 0.855. The van der Waals surface area contributed by atoms with Gasteiger partial charge in [0.05, 0.1) is 4.90 Å². The second-order valence-corrected chi connectivity index (χ2v) is 7.93. The van der Waals surface area contributed by atoms with Crippen LogP contribution >= 0.6 is 0 Å². The molecule has 0 atom stereocenters. The molecule has 24 heavy (non-hydrogen) atoms. The van der Waals surface area contributed by atoms with Crippen LogP contribution in [0, 0.1) is 0 Å². The molecule has 0 unspecified atom stereocenters. The van der Waals surface area contributed by atoms with E-state index in [1.54, 1.807) is 12.1 Å². The van der Waals surface area contributed by atoms with E-state index in [4.69, 9.17) is 0 Å². The van der Waals surface area contributed by atoms with E-state index in [2.05, 4.69) is 17.0 Å². The molecule has 0 radical (unpaired) electrons. The first-order valence-electron chi connectivity index (χ1n) is 7.84. The van der Waals surface area contributed by atoms with Crippen molar-refractivity contribution in [2.45, 2.75) is 4.90 Å². The van der Waals surface area contributed by atoms with E-state index in [9.17, 15) is 13.2 Å². The Kier molecular flexibility index (Phi) is 4.57. The zero-order chi connectivity index (χ0) is 17.2. The van der Waals surface area contributed by atoms with Crippen LogP contribution < -0.4 is 4.90 Å². The maximum Gasteiger partial charge on any atom is 0.253 e. The Bertz CT molecular complexity index is 809. The SMILES string of the molecule is CS(=O)(=O)c1ccc(C(=O)N2CCN(c3ccccc3)CC2)cc1. The molecule has 6 heteroatoms. The summed E-state index contributed by atoms with van der Waals surface area (Å²) in [6.07, 6.45) is 1.16. The molecule has 1 aliphatic rings. The number of hydrogen-bond donors (Lipinski definition) is 0. The van der Waals surface area contributed by atoms with Crippen LogP contribution in [0.5, 0.6) is 0 Å². The van der Waals surface area contributed by atoms with Crippen molar-refractivity contribution >= 4 is 21.4 Å². The Balaban J connectivity index is 1.65. The van der Waals surface area contributed by atoms with Crippen molar-refractivity contribution in [3.05, 3.63) is 60.2 Å². The summed E-state index contributed by atoms with van der Waals surface area (Å²) < 4.78 is 23.0. The molecule has 0 aliphatic carbocycles. The fraction of sp³-hybridized carbons (Fsp3) is 0.278. The van der Waals surface area contributed by atoms with Gasteiger partial charge in [0.1, 0.15) is 0 Å². The van der Waals surface area contributed by atoms with Crippen LogP contribution in [-0.4, -0.2) is 51.7 Å². The molecule has 5 nitrogen and oxygen atoms in total. The lowest BCUT2D eigenvalue weighted by Crippen LogP contribution is -2.48. The molecule has 1 amide bonds. The van der Waals surface area contributed by atoms with Crippen LogP contribution in [0.25, 0.3) is 0 Å². The van der Waals surface area contributed by atoms with Crippen LogP contribution in [0.3, 0.4) is 0 Å².